The van der Waals surface area contributed by atoms with Gasteiger partial charge in [0, 0.05) is 13.6 Å². The van der Waals surface area contributed by atoms with Gasteiger partial charge >= 0.3 is 0 Å². The van der Waals surface area contributed by atoms with E-state index in [-0.39, 0.29) is 0 Å². The molecule has 1 aromatic heterocycles. The topological polar surface area (TPSA) is 43.8 Å². The Morgan fingerprint density at radius 3 is 3.06 bits per heavy atom. The van der Waals surface area contributed by atoms with Crippen molar-refractivity contribution in [3.05, 3.63) is 29.6 Å². The number of hydrogen-bond acceptors (Lipinski definition) is 3. The predicted octanol–water partition coefficient (Wildman–Crippen LogP) is 2.99. The molecular formula is C14H19N3S. The molecule has 0 bridgehead atoms. The summed E-state index contributed by atoms with van der Waals surface area (Å²) < 4.78 is 2.25. The second-order valence-electron chi connectivity index (χ2n) is 4.91. The molecule has 1 aliphatic heterocycles. The Balaban J connectivity index is 2.04. The number of hydrogen-bond donors (Lipinski definition) is 1. The van der Waals surface area contributed by atoms with Gasteiger partial charge in [0.2, 0.25) is 0 Å². The third kappa shape index (κ3) is 2.04. The highest BCUT2D eigenvalue weighted by Crippen LogP contribution is 2.38. The van der Waals surface area contributed by atoms with Crippen LogP contribution in [0.4, 0.5) is 0 Å². The van der Waals surface area contributed by atoms with Gasteiger partial charge in [-0.25, -0.2) is 4.98 Å². The fourth-order valence-electron chi connectivity index (χ4n) is 2.62. The quantitative estimate of drug-likeness (QED) is 0.904. The van der Waals surface area contributed by atoms with Crippen LogP contribution in [0.25, 0.3) is 11.0 Å². The average Bonchev–Trinajstić information content (AvgIpc) is 2.76. The smallest absolute Gasteiger partial charge is 0.122 e. The van der Waals surface area contributed by atoms with Crippen molar-refractivity contribution in [2.75, 3.05) is 5.75 Å². The van der Waals surface area contributed by atoms with Gasteiger partial charge in [0.1, 0.15) is 5.82 Å². The Kier molecular flexibility index (Phi) is 3.31. The fraction of sp³-hybridized carbons (Fsp3) is 0.500. The number of thioether (sulfide) groups is 1. The molecule has 0 amide bonds. The Morgan fingerprint density at radius 1 is 1.44 bits per heavy atom. The molecule has 96 valence electrons. The number of nitrogens with zero attached hydrogens (tertiary/aromatic N) is 2. The number of aromatic nitrogens is 2. The van der Waals surface area contributed by atoms with Gasteiger partial charge in [0.05, 0.1) is 16.3 Å². The lowest BCUT2D eigenvalue weighted by Gasteiger charge is -2.20. The summed E-state index contributed by atoms with van der Waals surface area (Å²) in [6, 6.07) is 6.36. The van der Waals surface area contributed by atoms with Crippen LogP contribution >= 0.6 is 11.8 Å². The van der Waals surface area contributed by atoms with Crippen molar-refractivity contribution in [3.8, 4) is 0 Å². The molecule has 3 nitrogen and oxygen atoms in total. The normalized spacial score (nSPS) is 20.4. The molecular weight excluding hydrogens is 242 g/mol. The molecule has 2 heterocycles. The van der Waals surface area contributed by atoms with Gasteiger partial charge in [-0.3, -0.25) is 0 Å². The number of rotatable bonds is 2. The molecule has 0 saturated carbocycles. The van der Waals surface area contributed by atoms with E-state index in [4.69, 9.17) is 10.7 Å². The second kappa shape index (κ2) is 4.94. The van der Waals surface area contributed by atoms with Crippen LogP contribution in [0, 0.1) is 0 Å². The summed E-state index contributed by atoms with van der Waals surface area (Å²) in [5.74, 6) is 2.49. The molecule has 0 radical (unpaired) electrons. The minimum atomic E-state index is 0.567. The summed E-state index contributed by atoms with van der Waals surface area (Å²) in [5, 5.41) is 0.567. The van der Waals surface area contributed by atoms with E-state index in [1.165, 1.54) is 36.4 Å². The highest BCUT2D eigenvalue weighted by molar-refractivity contribution is 7.99. The molecule has 2 aromatic rings. The lowest BCUT2D eigenvalue weighted by molar-refractivity contribution is 0.646. The summed E-state index contributed by atoms with van der Waals surface area (Å²) in [5.41, 5.74) is 9.15. The maximum absolute atomic E-state index is 5.69. The molecule has 4 heteroatoms. The molecule has 1 atom stereocenters. The first-order valence-electron chi connectivity index (χ1n) is 6.56. The van der Waals surface area contributed by atoms with Gasteiger partial charge in [-0.2, -0.15) is 11.8 Å². The maximum atomic E-state index is 5.69. The fourth-order valence-corrected chi connectivity index (χ4v) is 3.97. The minimum absolute atomic E-state index is 0.567. The van der Waals surface area contributed by atoms with E-state index in [2.05, 4.69) is 29.8 Å². The zero-order valence-corrected chi connectivity index (χ0v) is 11.5. The minimum Gasteiger partial charge on any atom is -0.330 e. The molecule has 2 N–H and O–H groups in total. The van der Waals surface area contributed by atoms with Gasteiger partial charge in [0.15, 0.2) is 0 Å². The SMILES string of the molecule is Cn1c(C2CCCCS2)nc2cc(CN)ccc21. The van der Waals surface area contributed by atoms with Crippen LogP contribution in [0.1, 0.15) is 35.9 Å². The van der Waals surface area contributed by atoms with Gasteiger partial charge in [-0.1, -0.05) is 12.5 Å². The zero-order chi connectivity index (χ0) is 12.5. The molecule has 18 heavy (non-hydrogen) atoms. The summed E-state index contributed by atoms with van der Waals surface area (Å²) in [6.07, 6.45) is 3.93. The number of fused-ring (bicyclic) bond motifs is 1. The number of nitrogens with two attached hydrogens (primary N) is 1. The third-order valence-electron chi connectivity index (χ3n) is 3.68. The zero-order valence-electron chi connectivity index (χ0n) is 10.7. The van der Waals surface area contributed by atoms with Crippen molar-refractivity contribution in [2.24, 2.45) is 12.8 Å². The maximum Gasteiger partial charge on any atom is 0.122 e. The van der Waals surface area contributed by atoms with E-state index in [0.717, 1.165) is 11.1 Å². The molecule has 1 fully saturated rings. The predicted molar refractivity (Wildman–Crippen MR) is 77.7 cm³/mol. The van der Waals surface area contributed by atoms with Crippen LogP contribution in [0.2, 0.25) is 0 Å². The Hall–Kier alpha value is -1.00. The number of aryl methyl sites for hydroxylation is 1. The van der Waals surface area contributed by atoms with Gasteiger partial charge in [-0.15, -0.1) is 0 Å². The average molecular weight is 261 g/mol. The van der Waals surface area contributed by atoms with Gasteiger partial charge in [-0.05, 0) is 36.3 Å². The van der Waals surface area contributed by atoms with E-state index < -0.39 is 0 Å². The first kappa shape index (κ1) is 12.1. The first-order valence-corrected chi connectivity index (χ1v) is 7.61. The van der Waals surface area contributed by atoms with Crippen LogP contribution in [-0.4, -0.2) is 15.3 Å². The van der Waals surface area contributed by atoms with E-state index in [1.54, 1.807) is 0 Å². The molecule has 1 unspecified atom stereocenters. The summed E-state index contributed by atoms with van der Waals surface area (Å²) in [4.78, 5) is 4.83. The second-order valence-corrected chi connectivity index (χ2v) is 6.22. The highest BCUT2D eigenvalue weighted by atomic mass is 32.2. The van der Waals surface area contributed by atoms with Crippen molar-refractivity contribution >= 4 is 22.8 Å². The molecule has 0 spiro atoms. The van der Waals surface area contributed by atoms with Crippen LogP contribution < -0.4 is 5.73 Å². The van der Waals surface area contributed by atoms with E-state index in [9.17, 15) is 0 Å². The highest BCUT2D eigenvalue weighted by Gasteiger charge is 2.21. The van der Waals surface area contributed by atoms with Crippen LogP contribution in [0.5, 0.6) is 0 Å². The van der Waals surface area contributed by atoms with Crippen molar-refractivity contribution in [1.29, 1.82) is 0 Å². The largest absolute Gasteiger partial charge is 0.330 e. The first-order chi connectivity index (χ1) is 8.79. The summed E-state index contributed by atoms with van der Waals surface area (Å²) >= 11 is 2.05. The number of benzene rings is 1. The third-order valence-corrected chi connectivity index (χ3v) is 5.06. The van der Waals surface area contributed by atoms with Crippen molar-refractivity contribution in [2.45, 2.75) is 31.1 Å². The van der Waals surface area contributed by atoms with Crippen molar-refractivity contribution in [3.63, 3.8) is 0 Å². The van der Waals surface area contributed by atoms with E-state index in [1.807, 2.05) is 11.8 Å². The Morgan fingerprint density at radius 2 is 2.33 bits per heavy atom. The van der Waals surface area contributed by atoms with E-state index in [0.29, 0.717) is 11.8 Å². The van der Waals surface area contributed by atoms with Crippen molar-refractivity contribution in [1.82, 2.24) is 9.55 Å². The van der Waals surface area contributed by atoms with Crippen molar-refractivity contribution < 1.29 is 0 Å². The molecule has 1 aromatic carbocycles. The van der Waals surface area contributed by atoms with Crippen LogP contribution in [-0.2, 0) is 13.6 Å². The van der Waals surface area contributed by atoms with Crippen LogP contribution in [0.15, 0.2) is 18.2 Å². The lowest BCUT2D eigenvalue weighted by Crippen LogP contribution is -2.07. The number of imidazole rings is 1. The molecule has 3 rings (SSSR count). The van der Waals surface area contributed by atoms with Gasteiger partial charge in [0.25, 0.3) is 0 Å². The molecule has 1 saturated heterocycles. The Bertz CT molecular complexity index is 555. The monoisotopic (exact) mass is 261 g/mol. The Labute approximate surface area is 112 Å². The van der Waals surface area contributed by atoms with Gasteiger partial charge < -0.3 is 10.3 Å². The standard InChI is InChI=1S/C14H19N3S/c1-17-12-6-5-10(9-15)8-11(12)16-14(17)13-4-2-3-7-18-13/h5-6,8,13H,2-4,7,9,15H2,1H3. The summed E-state index contributed by atoms with van der Waals surface area (Å²) in [6.45, 7) is 0.583. The molecule has 1 aliphatic rings. The summed E-state index contributed by atoms with van der Waals surface area (Å²) in [7, 11) is 2.13. The van der Waals surface area contributed by atoms with E-state index >= 15 is 0 Å². The molecule has 0 aliphatic carbocycles. The lowest BCUT2D eigenvalue weighted by atomic mass is 10.2. The van der Waals surface area contributed by atoms with Crippen LogP contribution in [0.3, 0.4) is 0 Å².